The summed E-state index contributed by atoms with van der Waals surface area (Å²) >= 11 is 0. The van der Waals surface area contributed by atoms with Crippen LogP contribution in [0.5, 0.6) is 0 Å². The Hall–Kier alpha value is -1.32. The molecular formula is C14H24N2O2. The van der Waals surface area contributed by atoms with E-state index in [-0.39, 0.29) is 6.04 Å². The molecule has 0 spiro atoms. The molecule has 0 aromatic heterocycles. The second kappa shape index (κ2) is 7.90. The van der Waals surface area contributed by atoms with E-state index in [9.17, 15) is 9.59 Å². The molecule has 0 radical (unpaired) electrons. The van der Waals surface area contributed by atoms with Crippen LogP contribution in [0, 0.1) is 0 Å². The molecule has 4 nitrogen and oxygen atoms in total. The van der Waals surface area contributed by atoms with E-state index in [4.69, 9.17) is 0 Å². The quantitative estimate of drug-likeness (QED) is 0.580. The summed E-state index contributed by atoms with van der Waals surface area (Å²) in [5.74, 6) is -1.05. The first kappa shape index (κ1) is 14.7. The third-order valence-electron chi connectivity index (χ3n) is 3.31. The summed E-state index contributed by atoms with van der Waals surface area (Å²) in [6.07, 6.45) is 8.75. The molecule has 1 aliphatic carbocycles. The summed E-state index contributed by atoms with van der Waals surface area (Å²) in [6.45, 7) is 4.41. The molecule has 2 N–H and O–H groups in total. The third-order valence-corrected chi connectivity index (χ3v) is 3.31. The van der Waals surface area contributed by atoms with Crippen molar-refractivity contribution in [2.75, 3.05) is 6.54 Å². The van der Waals surface area contributed by atoms with Crippen LogP contribution in [0.15, 0.2) is 11.6 Å². The molecule has 1 unspecified atom stereocenters. The van der Waals surface area contributed by atoms with Crippen molar-refractivity contribution in [3.05, 3.63) is 11.6 Å². The lowest BCUT2D eigenvalue weighted by atomic mass is 9.97. The fraction of sp³-hybridized carbons (Fsp3) is 0.714. The number of rotatable bonds is 5. The zero-order valence-corrected chi connectivity index (χ0v) is 11.4. The third kappa shape index (κ3) is 5.34. The highest BCUT2D eigenvalue weighted by Crippen LogP contribution is 2.19. The summed E-state index contributed by atoms with van der Waals surface area (Å²) in [5.41, 5.74) is 1.41. The minimum absolute atomic E-state index is 0.0457. The summed E-state index contributed by atoms with van der Waals surface area (Å²) < 4.78 is 0. The minimum atomic E-state index is -0.526. The molecule has 1 aliphatic rings. The highest BCUT2D eigenvalue weighted by molar-refractivity contribution is 6.35. The maximum absolute atomic E-state index is 11.5. The Kier molecular flexibility index (Phi) is 6.47. The van der Waals surface area contributed by atoms with Gasteiger partial charge in [0.1, 0.15) is 0 Å². The van der Waals surface area contributed by atoms with Gasteiger partial charge in [0, 0.05) is 12.6 Å². The standard InChI is InChI=1S/C14H24N2O2/c1-3-11(2)16-14(18)13(17)15-10-9-12-7-5-4-6-8-12/h7,11H,3-6,8-10H2,1-2H3,(H,15,17)(H,16,18). The fourth-order valence-electron chi connectivity index (χ4n) is 1.94. The Morgan fingerprint density at radius 1 is 1.33 bits per heavy atom. The van der Waals surface area contributed by atoms with Crippen molar-refractivity contribution < 1.29 is 9.59 Å². The highest BCUT2D eigenvalue weighted by atomic mass is 16.2. The van der Waals surface area contributed by atoms with Crippen LogP contribution in [-0.4, -0.2) is 24.4 Å². The number of carbonyl (C=O) groups excluding carboxylic acids is 2. The number of carbonyl (C=O) groups is 2. The summed E-state index contributed by atoms with van der Waals surface area (Å²) in [6, 6.07) is 0.0457. The van der Waals surface area contributed by atoms with Crippen LogP contribution in [0.1, 0.15) is 52.4 Å². The van der Waals surface area contributed by atoms with E-state index in [1.807, 2.05) is 13.8 Å². The number of hydrogen-bond donors (Lipinski definition) is 2. The van der Waals surface area contributed by atoms with E-state index in [0.717, 1.165) is 25.7 Å². The van der Waals surface area contributed by atoms with Gasteiger partial charge in [-0.25, -0.2) is 0 Å². The molecule has 0 bridgehead atoms. The normalized spacial score (nSPS) is 16.7. The van der Waals surface area contributed by atoms with Gasteiger partial charge < -0.3 is 10.6 Å². The van der Waals surface area contributed by atoms with Crippen LogP contribution in [0.25, 0.3) is 0 Å². The second-order valence-corrected chi connectivity index (χ2v) is 4.90. The molecule has 2 amide bonds. The summed E-state index contributed by atoms with van der Waals surface area (Å²) in [7, 11) is 0. The summed E-state index contributed by atoms with van der Waals surface area (Å²) in [4.78, 5) is 23.0. The van der Waals surface area contributed by atoms with Gasteiger partial charge in [-0.05, 0) is 45.4 Å². The van der Waals surface area contributed by atoms with Crippen LogP contribution < -0.4 is 10.6 Å². The first-order chi connectivity index (χ1) is 8.63. The van der Waals surface area contributed by atoms with E-state index in [2.05, 4.69) is 16.7 Å². The van der Waals surface area contributed by atoms with E-state index in [1.165, 1.54) is 18.4 Å². The molecular weight excluding hydrogens is 228 g/mol. The first-order valence-electron chi connectivity index (χ1n) is 6.90. The first-order valence-corrected chi connectivity index (χ1v) is 6.90. The molecule has 1 rings (SSSR count). The number of allylic oxidation sites excluding steroid dienone is 1. The van der Waals surface area contributed by atoms with Gasteiger partial charge in [-0.2, -0.15) is 0 Å². The lowest BCUT2D eigenvalue weighted by Gasteiger charge is -2.14. The van der Waals surface area contributed by atoms with E-state index in [0.29, 0.717) is 6.54 Å². The molecule has 102 valence electrons. The molecule has 0 fully saturated rings. The Labute approximate surface area is 109 Å². The van der Waals surface area contributed by atoms with Gasteiger partial charge in [-0.3, -0.25) is 9.59 Å². The molecule has 0 aromatic carbocycles. The molecule has 0 saturated carbocycles. The van der Waals surface area contributed by atoms with E-state index >= 15 is 0 Å². The Morgan fingerprint density at radius 3 is 2.72 bits per heavy atom. The Balaban J connectivity index is 2.20. The maximum Gasteiger partial charge on any atom is 0.309 e. The monoisotopic (exact) mass is 252 g/mol. The lowest BCUT2D eigenvalue weighted by Crippen LogP contribution is -2.43. The largest absolute Gasteiger partial charge is 0.348 e. The van der Waals surface area contributed by atoms with Gasteiger partial charge in [0.2, 0.25) is 0 Å². The molecule has 0 heterocycles. The van der Waals surface area contributed by atoms with Crippen molar-refractivity contribution in [2.24, 2.45) is 0 Å². The van der Waals surface area contributed by atoms with Gasteiger partial charge in [-0.15, -0.1) is 0 Å². The second-order valence-electron chi connectivity index (χ2n) is 4.90. The van der Waals surface area contributed by atoms with Crippen molar-refractivity contribution in [3.63, 3.8) is 0 Å². The van der Waals surface area contributed by atoms with E-state index in [1.54, 1.807) is 0 Å². The number of nitrogens with one attached hydrogen (secondary N) is 2. The van der Waals surface area contributed by atoms with Gasteiger partial charge in [0.05, 0.1) is 0 Å². The number of hydrogen-bond acceptors (Lipinski definition) is 2. The molecule has 18 heavy (non-hydrogen) atoms. The Bertz CT molecular complexity index is 324. The van der Waals surface area contributed by atoms with Crippen LogP contribution in [0.3, 0.4) is 0 Å². The van der Waals surface area contributed by atoms with Crippen molar-refractivity contribution in [2.45, 2.75) is 58.4 Å². The van der Waals surface area contributed by atoms with E-state index < -0.39 is 11.8 Å². The predicted octanol–water partition coefficient (Wildman–Crippen LogP) is 1.91. The molecule has 0 aliphatic heterocycles. The predicted molar refractivity (Wildman–Crippen MR) is 72.1 cm³/mol. The smallest absolute Gasteiger partial charge is 0.309 e. The van der Waals surface area contributed by atoms with Gasteiger partial charge in [0.25, 0.3) is 0 Å². The van der Waals surface area contributed by atoms with Crippen LogP contribution in [0.4, 0.5) is 0 Å². The molecule has 0 saturated heterocycles. The van der Waals surface area contributed by atoms with Gasteiger partial charge in [-0.1, -0.05) is 18.6 Å². The zero-order valence-electron chi connectivity index (χ0n) is 11.4. The maximum atomic E-state index is 11.5. The summed E-state index contributed by atoms with van der Waals surface area (Å²) in [5, 5.41) is 5.32. The van der Waals surface area contributed by atoms with Gasteiger partial charge in [0.15, 0.2) is 0 Å². The van der Waals surface area contributed by atoms with Crippen molar-refractivity contribution in [3.8, 4) is 0 Å². The molecule has 1 atom stereocenters. The van der Waals surface area contributed by atoms with Gasteiger partial charge >= 0.3 is 11.8 Å². The fourth-order valence-corrected chi connectivity index (χ4v) is 1.94. The average molecular weight is 252 g/mol. The SMILES string of the molecule is CCC(C)NC(=O)C(=O)NCCC1=CCCCC1. The van der Waals surface area contributed by atoms with Crippen LogP contribution in [-0.2, 0) is 9.59 Å². The topological polar surface area (TPSA) is 58.2 Å². The van der Waals surface area contributed by atoms with Crippen molar-refractivity contribution >= 4 is 11.8 Å². The van der Waals surface area contributed by atoms with Crippen LogP contribution in [0.2, 0.25) is 0 Å². The Morgan fingerprint density at radius 2 is 2.11 bits per heavy atom. The van der Waals surface area contributed by atoms with Crippen LogP contribution >= 0.6 is 0 Å². The lowest BCUT2D eigenvalue weighted by molar-refractivity contribution is -0.139. The average Bonchev–Trinajstić information content (AvgIpc) is 2.39. The number of amides is 2. The minimum Gasteiger partial charge on any atom is -0.348 e. The molecule has 0 aromatic rings. The van der Waals surface area contributed by atoms with Crippen molar-refractivity contribution in [1.82, 2.24) is 10.6 Å². The highest BCUT2D eigenvalue weighted by Gasteiger charge is 2.14. The van der Waals surface area contributed by atoms with Crippen molar-refractivity contribution in [1.29, 1.82) is 0 Å². The zero-order chi connectivity index (χ0) is 13.4. The molecule has 4 heteroatoms.